The zero-order valence-electron chi connectivity index (χ0n) is 10.6. The van der Waals surface area contributed by atoms with E-state index in [-0.39, 0.29) is 0 Å². The number of rotatable bonds is 4. The topological polar surface area (TPSA) is 12.0 Å². The predicted molar refractivity (Wildman–Crippen MR) is 77.0 cm³/mol. The van der Waals surface area contributed by atoms with E-state index in [1.54, 1.807) is 0 Å². The molecule has 0 saturated heterocycles. The zero-order chi connectivity index (χ0) is 12.1. The Hall–Kier alpha value is -0.340. The molecule has 1 unspecified atom stereocenters. The summed E-state index contributed by atoms with van der Waals surface area (Å²) in [7, 11) is 0. The molecule has 0 radical (unpaired) electrons. The molecule has 1 N–H and O–H groups in total. The smallest absolute Gasteiger partial charge is 0.0208 e. The average molecular weight is 296 g/mol. The first kappa shape index (κ1) is 13.1. The molecule has 1 aliphatic rings. The highest BCUT2D eigenvalue weighted by molar-refractivity contribution is 9.10. The van der Waals surface area contributed by atoms with Gasteiger partial charge in [-0.1, -0.05) is 47.3 Å². The van der Waals surface area contributed by atoms with Gasteiger partial charge in [0.25, 0.3) is 0 Å². The van der Waals surface area contributed by atoms with Gasteiger partial charge in [-0.05, 0) is 43.4 Å². The van der Waals surface area contributed by atoms with E-state index >= 15 is 0 Å². The largest absolute Gasteiger partial charge is 0.310 e. The summed E-state index contributed by atoms with van der Waals surface area (Å²) in [4.78, 5) is 0. The van der Waals surface area contributed by atoms with Gasteiger partial charge in [0.2, 0.25) is 0 Å². The van der Waals surface area contributed by atoms with E-state index in [0.29, 0.717) is 6.04 Å². The summed E-state index contributed by atoms with van der Waals surface area (Å²) in [6, 6.07) is 9.25. The molecule has 1 aliphatic carbocycles. The number of benzene rings is 1. The van der Waals surface area contributed by atoms with Gasteiger partial charge in [0.05, 0.1) is 0 Å². The lowest BCUT2D eigenvalue weighted by molar-refractivity contribution is 0.280. The minimum atomic E-state index is 0.652. The molecule has 1 saturated carbocycles. The maximum absolute atomic E-state index is 3.67. The van der Waals surface area contributed by atoms with Gasteiger partial charge in [0.15, 0.2) is 0 Å². The molecule has 1 nitrogen and oxygen atoms in total. The Kier molecular flexibility index (Phi) is 5.05. The molecule has 0 amide bonds. The van der Waals surface area contributed by atoms with Crippen LogP contribution in [0.4, 0.5) is 0 Å². The molecular weight excluding hydrogens is 274 g/mol. The van der Waals surface area contributed by atoms with Crippen LogP contribution >= 0.6 is 15.9 Å². The predicted octanol–water partition coefficient (Wildman–Crippen LogP) is 4.51. The first-order chi connectivity index (χ1) is 8.25. The van der Waals surface area contributed by atoms with E-state index in [1.165, 1.54) is 37.7 Å². The van der Waals surface area contributed by atoms with Gasteiger partial charge in [-0.3, -0.25) is 0 Å². The highest BCUT2D eigenvalue weighted by atomic mass is 79.9. The van der Waals surface area contributed by atoms with Gasteiger partial charge >= 0.3 is 0 Å². The fourth-order valence-corrected chi connectivity index (χ4v) is 2.95. The van der Waals surface area contributed by atoms with Crippen LogP contribution in [0, 0.1) is 5.92 Å². The van der Waals surface area contributed by atoms with Crippen LogP contribution < -0.4 is 5.32 Å². The molecule has 1 aromatic rings. The van der Waals surface area contributed by atoms with Gasteiger partial charge in [-0.2, -0.15) is 0 Å². The van der Waals surface area contributed by atoms with Gasteiger partial charge < -0.3 is 5.32 Å². The van der Waals surface area contributed by atoms with Crippen LogP contribution in [0.5, 0.6) is 0 Å². The lowest BCUT2D eigenvalue weighted by atomic mass is 9.84. The van der Waals surface area contributed by atoms with Crippen molar-refractivity contribution < 1.29 is 0 Å². The van der Waals surface area contributed by atoms with E-state index in [1.807, 2.05) is 0 Å². The molecule has 2 rings (SSSR count). The summed E-state index contributed by atoms with van der Waals surface area (Å²) < 4.78 is 1.15. The quantitative estimate of drug-likeness (QED) is 0.862. The minimum absolute atomic E-state index is 0.652. The minimum Gasteiger partial charge on any atom is -0.310 e. The summed E-state index contributed by atoms with van der Waals surface area (Å²) in [5.41, 5.74) is 1.37. The molecule has 0 bridgehead atoms. The standard InChI is InChI=1S/C15H22BrN/c1-12(14-5-3-2-4-6-14)17-11-13-7-9-15(16)10-8-13/h7-10,12,14,17H,2-6,11H2,1H3. The van der Waals surface area contributed by atoms with Crippen molar-refractivity contribution in [2.45, 2.75) is 51.6 Å². The lowest BCUT2D eigenvalue weighted by Gasteiger charge is -2.28. The highest BCUT2D eigenvalue weighted by Gasteiger charge is 2.19. The van der Waals surface area contributed by atoms with Crippen LogP contribution in [0.1, 0.15) is 44.6 Å². The Bertz CT molecular complexity index is 327. The van der Waals surface area contributed by atoms with Crippen molar-refractivity contribution in [1.29, 1.82) is 0 Å². The van der Waals surface area contributed by atoms with E-state index in [9.17, 15) is 0 Å². The molecule has 2 heteroatoms. The molecular formula is C15H22BrN. The Morgan fingerprint density at radius 3 is 2.47 bits per heavy atom. The van der Waals surface area contributed by atoms with Crippen molar-refractivity contribution in [3.05, 3.63) is 34.3 Å². The average Bonchev–Trinajstić information content (AvgIpc) is 2.39. The second-order valence-electron chi connectivity index (χ2n) is 5.19. The Balaban J connectivity index is 1.78. The van der Waals surface area contributed by atoms with Crippen molar-refractivity contribution in [1.82, 2.24) is 5.32 Å². The SMILES string of the molecule is CC(NCc1ccc(Br)cc1)C1CCCCC1. The van der Waals surface area contributed by atoms with Crippen LogP contribution in [-0.2, 0) is 6.54 Å². The van der Waals surface area contributed by atoms with Crippen molar-refractivity contribution in [2.24, 2.45) is 5.92 Å². The van der Waals surface area contributed by atoms with Crippen LogP contribution in [0.3, 0.4) is 0 Å². The number of halogens is 1. The van der Waals surface area contributed by atoms with Gasteiger partial charge in [-0.25, -0.2) is 0 Å². The third-order valence-corrected chi connectivity index (χ3v) is 4.43. The highest BCUT2D eigenvalue weighted by Crippen LogP contribution is 2.26. The normalized spacial score (nSPS) is 19.2. The summed E-state index contributed by atoms with van der Waals surface area (Å²) in [5.74, 6) is 0.888. The van der Waals surface area contributed by atoms with E-state index in [2.05, 4.69) is 52.4 Å². The molecule has 1 atom stereocenters. The van der Waals surface area contributed by atoms with Crippen LogP contribution in [0.15, 0.2) is 28.7 Å². The lowest BCUT2D eigenvalue weighted by Crippen LogP contribution is -2.34. The third kappa shape index (κ3) is 4.11. The fourth-order valence-electron chi connectivity index (χ4n) is 2.68. The van der Waals surface area contributed by atoms with Crippen molar-refractivity contribution in [2.75, 3.05) is 0 Å². The molecule has 1 aromatic carbocycles. The molecule has 94 valence electrons. The van der Waals surface area contributed by atoms with Gasteiger partial charge in [0.1, 0.15) is 0 Å². The van der Waals surface area contributed by atoms with Crippen molar-refractivity contribution >= 4 is 15.9 Å². The second kappa shape index (κ2) is 6.55. The monoisotopic (exact) mass is 295 g/mol. The van der Waals surface area contributed by atoms with Gasteiger partial charge in [0, 0.05) is 17.1 Å². The third-order valence-electron chi connectivity index (χ3n) is 3.90. The maximum atomic E-state index is 3.67. The summed E-state index contributed by atoms with van der Waals surface area (Å²) in [5, 5.41) is 3.67. The van der Waals surface area contributed by atoms with Crippen molar-refractivity contribution in [3.8, 4) is 0 Å². The maximum Gasteiger partial charge on any atom is 0.0208 e. The molecule has 0 spiro atoms. The molecule has 1 fully saturated rings. The number of nitrogens with one attached hydrogen (secondary N) is 1. The number of hydrogen-bond acceptors (Lipinski definition) is 1. The van der Waals surface area contributed by atoms with E-state index in [4.69, 9.17) is 0 Å². The Morgan fingerprint density at radius 1 is 1.18 bits per heavy atom. The van der Waals surface area contributed by atoms with Crippen LogP contribution in [0.2, 0.25) is 0 Å². The molecule has 0 heterocycles. The van der Waals surface area contributed by atoms with Crippen LogP contribution in [0.25, 0.3) is 0 Å². The Labute approximate surface area is 113 Å². The van der Waals surface area contributed by atoms with Crippen molar-refractivity contribution in [3.63, 3.8) is 0 Å². The summed E-state index contributed by atoms with van der Waals surface area (Å²) >= 11 is 3.47. The molecule has 17 heavy (non-hydrogen) atoms. The van der Waals surface area contributed by atoms with Crippen LogP contribution in [-0.4, -0.2) is 6.04 Å². The zero-order valence-corrected chi connectivity index (χ0v) is 12.2. The van der Waals surface area contributed by atoms with Gasteiger partial charge in [-0.15, -0.1) is 0 Å². The summed E-state index contributed by atoms with van der Waals surface area (Å²) in [6.07, 6.45) is 7.11. The summed E-state index contributed by atoms with van der Waals surface area (Å²) in [6.45, 7) is 3.33. The Morgan fingerprint density at radius 2 is 1.82 bits per heavy atom. The molecule has 0 aromatic heterocycles. The number of hydrogen-bond donors (Lipinski definition) is 1. The molecule has 0 aliphatic heterocycles. The first-order valence-corrected chi connectivity index (χ1v) is 7.53. The van der Waals surface area contributed by atoms with E-state index < -0.39 is 0 Å². The first-order valence-electron chi connectivity index (χ1n) is 6.73. The fraction of sp³-hybridized carbons (Fsp3) is 0.600. The second-order valence-corrected chi connectivity index (χ2v) is 6.11. The van der Waals surface area contributed by atoms with E-state index in [0.717, 1.165) is 16.9 Å².